The van der Waals surface area contributed by atoms with Crippen LogP contribution in [-0.2, 0) is 4.74 Å². The van der Waals surface area contributed by atoms with Gasteiger partial charge in [0, 0.05) is 12.7 Å². The van der Waals surface area contributed by atoms with Gasteiger partial charge < -0.3 is 20.1 Å². The molecule has 0 fully saturated rings. The Morgan fingerprint density at radius 3 is 2.61 bits per heavy atom. The minimum absolute atomic E-state index is 0.144. The molecular formula is C17H16ClF2N5O3. The van der Waals surface area contributed by atoms with Crippen molar-refractivity contribution in [2.75, 3.05) is 17.7 Å². The number of hydrogen-bond acceptors (Lipinski definition) is 6. The number of ether oxygens (including phenoxy) is 2. The number of carbonyl (C=O) groups is 1. The summed E-state index contributed by atoms with van der Waals surface area (Å²) in [4.78, 5) is 20.0. The Morgan fingerprint density at radius 1 is 1.32 bits per heavy atom. The van der Waals surface area contributed by atoms with Crippen LogP contribution in [0.2, 0.25) is 5.02 Å². The first-order chi connectivity index (χ1) is 13.3. The summed E-state index contributed by atoms with van der Waals surface area (Å²) >= 11 is 5.80. The van der Waals surface area contributed by atoms with Gasteiger partial charge in [-0.2, -0.15) is 14.0 Å². The summed E-state index contributed by atoms with van der Waals surface area (Å²) < 4.78 is 33.9. The fourth-order valence-corrected chi connectivity index (χ4v) is 2.57. The molecular weight excluding hydrogens is 396 g/mol. The topological polar surface area (TPSA) is 109 Å². The van der Waals surface area contributed by atoms with E-state index < -0.39 is 24.6 Å². The Labute approximate surface area is 164 Å². The van der Waals surface area contributed by atoms with E-state index in [-0.39, 0.29) is 16.4 Å². The second-order valence-electron chi connectivity index (χ2n) is 5.50. The lowest BCUT2D eigenvalue weighted by atomic mass is 10.0. The van der Waals surface area contributed by atoms with Gasteiger partial charge in [0.1, 0.15) is 11.1 Å². The number of halogens is 3. The van der Waals surface area contributed by atoms with Gasteiger partial charge in [-0.25, -0.2) is 9.78 Å². The van der Waals surface area contributed by atoms with Gasteiger partial charge in [0.2, 0.25) is 5.88 Å². The molecule has 0 aliphatic rings. The molecule has 2 rings (SSSR count). The third-order valence-corrected chi connectivity index (χ3v) is 3.97. The zero-order valence-corrected chi connectivity index (χ0v) is 15.8. The molecule has 8 nitrogen and oxygen atoms in total. The maximum absolute atomic E-state index is 12.3. The predicted octanol–water partition coefficient (Wildman–Crippen LogP) is 4.26. The molecule has 11 heteroatoms. The lowest BCUT2D eigenvalue weighted by molar-refractivity contribution is -0.0527. The molecule has 0 radical (unpaired) electrons. The first-order valence-corrected chi connectivity index (χ1v) is 8.25. The fourth-order valence-electron chi connectivity index (χ4n) is 2.36. The van der Waals surface area contributed by atoms with Crippen LogP contribution in [0.15, 0.2) is 18.5 Å². The summed E-state index contributed by atoms with van der Waals surface area (Å²) in [6, 6.07) is 2.58. The average Bonchev–Trinajstić information content (AvgIpc) is 2.64. The molecule has 2 amide bonds. The number of rotatable bonds is 6. The number of nitrogens with one attached hydrogen (secondary N) is 2. The zero-order chi connectivity index (χ0) is 20.8. The van der Waals surface area contributed by atoms with Gasteiger partial charge in [-0.1, -0.05) is 11.6 Å². The number of pyridine rings is 2. The van der Waals surface area contributed by atoms with E-state index in [1.165, 1.54) is 19.4 Å². The summed E-state index contributed by atoms with van der Waals surface area (Å²) in [6.07, 6.45) is 2.04. The van der Waals surface area contributed by atoms with E-state index in [0.29, 0.717) is 16.8 Å². The number of nitrogens with zero attached hydrogens (tertiary/aromatic N) is 3. The Morgan fingerprint density at radius 2 is 2.04 bits per heavy atom. The molecule has 0 bridgehead atoms. The average molecular weight is 412 g/mol. The van der Waals surface area contributed by atoms with Gasteiger partial charge in [-0.05, 0) is 19.9 Å². The van der Waals surface area contributed by atoms with Crippen LogP contribution in [-0.4, -0.2) is 29.7 Å². The van der Waals surface area contributed by atoms with Crippen LogP contribution >= 0.6 is 11.6 Å². The van der Waals surface area contributed by atoms with Crippen molar-refractivity contribution in [3.63, 3.8) is 0 Å². The van der Waals surface area contributed by atoms with E-state index in [1.54, 1.807) is 13.8 Å². The van der Waals surface area contributed by atoms with Crippen molar-refractivity contribution in [2.24, 2.45) is 0 Å². The molecule has 0 aliphatic carbocycles. The summed E-state index contributed by atoms with van der Waals surface area (Å²) in [5.41, 5.74) is 1.70. The summed E-state index contributed by atoms with van der Waals surface area (Å²) in [7, 11) is 1.47. The van der Waals surface area contributed by atoms with Crippen LogP contribution in [0.5, 0.6) is 5.88 Å². The van der Waals surface area contributed by atoms with Gasteiger partial charge >= 0.3 is 12.6 Å². The molecule has 0 aromatic carbocycles. The monoisotopic (exact) mass is 411 g/mol. The van der Waals surface area contributed by atoms with Crippen LogP contribution in [0.25, 0.3) is 0 Å². The molecule has 28 heavy (non-hydrogen) atoms. The quantitative estimate of drug-likeness (QED) is 0.734. The van der Waals surface area contributed by atoms with E-state index >= 15 is 0 Å². The molecule has 1 atom stereocenters. The lowest BCUT2D eigenvalue weighted by Gasteiger charge is -2.18. The number of nitriles is 1. The lowest BCUT2D eigenvalue weighted by Crippen LogP contribution is -2.22. The highest BCUT2D eigenvalue weighted by Crippen LogP contribution is 2.30. The van der Waals surface area contributed by atoms with Crippen molar-refractivity contribution in [1.82, 2.24) is 9.97 Å². The second kappa shape index (κ2) is 9.25. The molecule has 2 aromatic heterocycles. The second-order valence-corrected chi connectivity index (χ2v) is 5.91. The molecule has 0 aliphatic heterocycles. The van der Waals surface area contributed by atoms with E-state index in [9.17, 15) is 18.8 Å². The number of aryl methyl sites for hydroxylation is 1. The summed E-state index contributed by atoms with van der Waals surface area (Å²) in [5, 5.41) is 14.2. The number of aromatic nitrogens is 2. The number of methoxy groups -OCH3 is 1. The van der Waals surface area contributed by atoms with Gasteiger partial charge in [-0.3, -0.25) is 4.98 Å². The number of amides is 2. The highest BCUT2D eigenvalue weighted by Gasteiger charge is 2.20. The first kappa shape index (κ1) is 21.3. The Kier molecular flexibility index (Phi) is 7.03. The Hall–Kier alpha value is -3.03. The number of carbonyl (C=O) groups excluding carboxylic acids is 1. The molecule has 2 heterocycles. The van der Waals surface area contributed by atoms with Crippen molar-refractivity contribution < 1.29 is 23.0 Å². The standard InChI is InChI=1S/C17H16ClF2N5O3/c1-8-11(5-21)14(9(2)27-3)13(7-22-8)25-17(26)24-10-4-12(18)15(23-6-10)28-16(19)20/h4,6-7,9,16H,1-3H3,(H2,24,25,26)/t9-/m1/s1. The van der Waals surface area contributed by atoms with Crippen LogP contribution in [0.1, 0.15) is 29.8 Å². The van der Waals surface area contributed by atoms with Crippen LogP contribution < -0.4 is 15.4 Å². The third kappa shape index (κ3) is 5.03. The molecule has 2 N–H and O–H groups in total. The molecule has 0 unspecified atom stereocenters. The number of urea groups is 1. The van der Waals surface area contributed by atoms with Gasteiger partial charge in [0.25, 0.3) is 0 Å². The largest absolute Gasteiger partial charge is 0.415 e. The van der Waals surface area contributed by atoms with Crippen LogP contribution in [0, 0.1) is 18.3 Å². The molecule has 0 saturated carbocycles. The third-order valence-electron chi connectivity index (χ3n) is 3.69. The van der Waals surface area contributed by atoms with Crippen molar-refractivity contribution in [3.8, 4) is 11.9 Å². The summed E-state index contributed by atoms with van der Waals surface area (Å²) in [6.45, 7) is 0.325. The maximum atomic E-state index is 12.3. The van der Waals surface area contributed by atoms with E-state index in [2.05, 4.69) is 31.4 Å². The predicted molar refractivity (Wildman–Crippen MR) is 97.6 cm³/mol. The summed E-state index contributed by atoms with van der Waals surface area (Å²) in [5.74, 6) is -0.458. The van der Waals surface area contributed by atoms with Crippen molar-refractivity contribution in [2.45, 2.75) is 26.6 Å². The minimum atomic E-state index is -3.07. The normalized spacial score (nSPS) is 11.6. The minimum Gasteiger partial charge on any atom is -0.415 e. The molecule has 0 saturated heterocycles. The van der Waals surface area contributed by atoms with E-state index in [4.69, 9.17) is 16.3 Å². The SMILES string of the molecule is CO[C@H](C)c1c(NC(=O)Nc2cnc(OC(F)F)c(Cl)c2)cnc(C)c1C#N. The van der Waals surface area contributed by atoms with E-state index in [0.717, 1.165) is 6.20 Å². The number of anilines is 2. The Bertz CT molecular complexity index is 920. The smallest absolute Gasteiger partial charge is 0.388 e. The van der Waals surface area contributed by atoms with Crippen molar-refractivity contribution >= 4 is 29.0 Å². The number of alkyl halides is 2. The molecule has 0 spiro atoms. The zero-order valence-electron chi connectivity index (χ0n) is 15.1. The molecule has 148 valence electrons. The highest BCUT2D eigenvalue weighted by molar-refractivity contribution is 6.32. The van der Waals surface area contributed by atoms with Gasteiger partial charge in [0.05, 0.1) is 41.1 Å². The fraction of sp³-hybridized carbons (Fsp3) is 0.294. The van der Waals surface area contributed by atoms with Gasteiger partial charge in [0.15, 0.2) is 0 Å². The van der Waals surface area contributed by atoms with Crippen molar-refractivity contribution in [3.05, 3.63) is 40.3 Å². The Balaban J connectivity index is 2.22. The van der Waals surface area contributed by atoms with Crippen LogP contribution in [0.4, 0.5) is 25.0 Å². The first-order valence-electron chi connectivity index (χ1n) is 7.87. The maximum Gasteiger partial charge on any atom is 0.388 e. The van der Waals surface area contributed by atoms with Crippen molar-refractivity contribution in [1.29, 1.82) is 5.26 Å². The van der Waals surface area contributed by atoms with Gasteiger partial charge in [-0.15, -0.1) is 0 Å². The highest BCUT2D eigenvalue weighted by atomic mass is 35.5. The van der Waals surface area contributed by atoms with E-state index in [1.807, 2.05) is 0 Å². The number of hydrogen-bond donors (Lipinski definition) is 2. The molecule has 2 aromatic rings. The van der Waals surface area contributed by atoms with Crippen LogP contribution in [0.3, 0.4) is 0 Å².